The predicted molar refractivity (Wildman–Crippen MR) is 62.1 cm³/mol. The van der Waals surface area contributed by atoms with Crippen LogP contribution in [0.25, 0.3) is 0 Å². The summed E-state index contributed by atoms with van der Waals surface area (Å²) in [6.07, 6.45) is 4.84. The van der Waals surface area contributed by atoms with Gasteiger partial charge >= 0.3 is 0 Å². The monoisotopic (exact) mass is 205 g/mol. The van der Waals surface area contributed by atoms with Gasteiger partial charge in [-0.05, 0) is 43.5 Å². The molecule has 0 saturated carbocycles. The minimum absolute atomic E-state index is 0.339. The molecule has 0 aliphatic carbocycles. The molecule has 2 N–H and O–H groups in total. The van der Waals surface area contributed by atoms with Gasteiger partial charge in [0.15, 0.2) is 0 Å². The van der Waals surface area contributed by atoms with Crippen LogP contribution in [-0.2, 0) is 6.42 Å². The first-order chi connectivity index (χ1) is 7.24. The Hall–Kier alpha value is -1.02. The first-order valence-electron chi connectivity index (χ1n) is 5.77. The SMILES string of the molecule is CCCC1(Cc2ccc(O)cc2)CCN1. The summed E-state index contributed by atoms with van der Waals surface area (Å²) < 4.78 is 0. The summed E-state index contributed by atoms with van der Waals surface area (Å²) in [6.45, 7) is 3.39. The zero-order valence-corrected chi connectivity index (χ0v) is 9.29. The van der Waals surface area contributed by atoms with Crippen molar-refractivity contribution < 1.29 is 5.11 Å². The van der Waals surface area contributed by atoms with E-state index in [0.717, 1.165) is 13.0 Å². The number of phenolic OH excluding ortho intramolecular Hbond substituents is 1. The molecule has 0 bridgehead atoms. The molecular weight excluding hydrogens is 186 g/mol. The van der Waals surface area contributed by atoms with Crippen LogP contribution < -0.4 is 5.32 Å². The molecule has 15 heavy (non-hydrogen) atoms. The molecule has 0 amide bonds. The van der Waals surface area contributed by atoms with Gasteiger partial charge in [-0.2, -0.15) is 0 Å². The van der Waals surface area contributed by atoms with E-state index in [4.69, 9.17) is 0 Å². The van der Waals surface area contributed by atoms with Gasteiger partial charge in [0, 0.05) is 5.54 Å². The molecule has 2 nitrogen and oxygen atoms in total. The lowest BCUT2D eigenvalue weighted by atomic mass is 9.78. The van der Waals surface area contributed by atoms with Crippen LogP contribution in [0, 0.1) is 0 Å². The van der Waals surface area contributed by atoms with E-state index >= 15 is 0 Å². The highest BCUT2D eigenvalue weighted by molar-refractivity contribution is 5.27. The molecule has 82 valence electrons. The van der Waals surface area contributed by atoms with E-state index in [-0.39, 0.29) is 0 Å². The van der Waals surface area contributed by atoms with Crippen LogP contribution in [0.1, 0.15) is 31.7 Å². The number of rotatable bonds is 4. The fourth-order valence-electron chi connectivity index (χ4n) is 2.41. The van der Waals surface area contributed by atoms with Crippen molar-refractivity contribution in [2.45, 2.75) is 38.1 Å². The zero-order valence-electron chi connectivity index (χ0n) is 9.29. The summed E-state index contributed by atoms with van der Waals surface area (Å²) in [7, 11) is 0. The molecule has 1 aliphatic heterocycles. The van der Waals surface area contributed by atoms with Gasteiger partial charge in [-0.15, -0.1) is 0 Å². The number of aromatic hydroxyl groups is 1. The maximum Gasteiger partial charge on any atom is 0.115 e. The van der Waals surface area contributed by atoms with Crippen LogP contribution in [-0.4, -0.2) is 17.2 Å². The molecule has 1 aliphatic rings. The average molecular weight is 205 g/mol. The minimum atomic E-state index is 0.339. The third kappa shape index (κ3) is 2.32. The maximum absolute atomic E-state index is 9.21. The quantitative estimate of drug-likeness (QED) is 0.791. The Morgan fingerprint density at radius 1 is 1.33 bits per heavy atom. The van der Waals surface area contributed by atoms with Crippen molar-refractivity contribution >= 4 is 0 Å². The molecule has 0 aromatic heterocycles. The maximum atomic E-state index is 9.21. The molecule has 0 radical (unpaired) electrons. The van der Waals surface area contributed by atoms with Crippen molar-refractivity contribution in [3.05, 3.63) is 29.8 Å². The Morgan fingerprint density at radius 3 is 2.47 bits per heavy atom. The molecular formula is C13H19NO. The Labute approximate surface area is 91.3 Å². The van der Waals surface area contributed by atoms with E-state index in [1.54, 1.807) is 12.1 Å². The third-order valence-corrected chi connectivity index (χ3v) is 3.31. The predicted octanol–water partition coefficient (Wildman–Crippen LogP) is 2.47. The molecule has 1 heterocycles. The van der Waals surface area contributed by atoms with Crippen molar-refractivity contribution in [3.63, 3.8) is 0 Å². The van der Waals surface area contributed by atoms with Gasteiger partial charge in [0.1, 0.15) is 5.75 Å². The van der Waals surface area contributed by atoms with E-state index in [0.29, 0.717) is 11.3 Å². The molecule has 2 rings (SSSR count). The zero-order chi connectivity index (χ0) is 10.7. The van der Waals surface area contributed by atoms with Crippen LogP contribution in [0.5, 0.6) is 5.75 Å². The van der Waals surface area contributed by atoms with E-state index < -0.39 is 0 Å². The van der Waals surface area contributed by atoms with E-state index in [2.05, 4.69) is 12.2 Å². The standard InChI is InChI=1S/C13H19NO/c1-2-7-13(8-9-14-13)10-11-3-5-12(15)6-4-11/h3-6,14-15H,2,7-10H2,1H3. The summed E-state index contributed by atoms with van der Waals surface area (Å²) >= 11 is 0. The van der Waals surface area contributed by atoms with Gasteiger partial charge in [-0.25, -0.2) is 0 Å². The molecule has 2 heteroatoms. The van der Waals surface area contributed by atoms with Gasteiger partial charge in [-0.3, -0.25) is 0 Å². The number of hydrogen-bond acceptors (Lipinski definition) is 2. The fourth-order valence-corrected chi connectivity index (χ4v) is 2.41. The second kappa shape index (κ2) is 4.23. The van der Waals surface area contributed by atoms with Crippen LogP contribution in [0.15, 0.2) is 24.3 Å². The molecule has 1 unspecified atom stereocenters. The summed E-state index contributed by atoms with van der Waals surface area (Å²) in [5, 5.41) is 12.8. The van der Waals surface area contributed by atoms with E-state index in [1.807, 2.05) is 12.1 Å². The fraction of sp³-hybridized carbons (Fsp3) is 0.538. The molecule has 1 aromatic rings. The molecule has 0 spiro atoms. The van der Waals surface area contributed by atoms with Gasteiger partial charge in [0.25, 0.3) is 0 Å². The summed E-state index contributed by atoms with van der Waals surface area (Å²) in [6, 6.07) is 7.58. The Kier molecular flexibility index (Phi) is 2.96. The van der Waals surface area contributed by atoms with Crippen molar-refractivity contribution in [3.8, 4) is 5.75 Å². The molecule has 1 fully saturated rings. The number of nitrogens with one attached hydrogen (secondary N) is 1. The lowest BCUT2D eigenvalue weighted by molar-refractivity contribution is 0.188. The van der Waals surface area contributed by atoms with Gasteiger partial charge in [0.05, 0.1) is 0 Å². The summed E-state index contributed by atoms with van der Waals surface area (Å²) in [4.78, 5) is 0. The van der Waals surface area contributed by atoms with Crippen LogP contribution in [0.4, 0.5) is 0 Å². The smallest absolute Gasteiger partial charge is 0.115 e. The summed E-state index contributed by atoms with van der Waals surface area (Å²) in [5.74, 6) is 0.352. The Balaban J connectivity index is 2.03. The van der Waals surface area contributed by atoms with Gasteiger partial charge < -0.3 is 10.4 Å². The Morgan fingerprint density at radius 2 is 2.00 bits per heavy atom. The minimum Gasteiger partial charge on any atom is -0.508 e. The lowest BCUT2D eigenvalue weighted by Gasteiger charge is -2.43. The number of hydrogen-bond donors (Lipinski definition) is 2. The highest BCUT2D eigenvalue weighted by Crippen LogP contribution is 2.29. The van der Waals surface area contributed by atoms with Crippen LogP contribution in [0.2, 0.25) is 0 Å². The van der Waals surface area contributed by atoms with Crippen molar-refractivity contribution in [2.24, 2.45) is 0 Å². The normalized spacial score (nSPS) is 24.9. The highest BCUT2D eigenvalue weighted by Gasteiger charge is 2.35. The van der Waals surface area contributed by atoms with Crippen molar-refractivity contribution in [1.82, 2.24) is 5.32 Å². The van der Waals surface area contributed by atoms with Gasteiger partial charge in [0.2, 0.25) is 0 Å². The largest absolute Gasteiger partial charge is 0.508 e. The lowest BCUT2D eigenvalue weighted by Crippen LogP contribution is -2.58. The number of phenols is 1. The van der Waals surface area contributed by atoms with Crippen molar-refractivity contribution in [2.75, 3.05) is 6.54 Å². The Bertz CT molecular complexity index is 314. The van der Waals surface area contributed by atoms with Gasteiger partial charge in [-0.1, -0.05) is 25.5 Å². The molecule has 1 aromatic carbocycles. The first-order valence-corrected chi connectivity index (χ1v) is 5.77. The van der Waals surface area contributed by atoms with E-state index in [1.165, 1.54) is 24.8 Å². The molecule has 1 atom stereocenters. The van der Waals surface area contributed by atoms with E-state index in [9.17, 15) is 5.11 Å². The summed E-state index contributed by atoms with van der Waals surface area (Å²) in [5.41, 5.74) is 1.65. The highest BCUT2D eigenvalue weighted by atomic mass is 16.3. The third-order valence-electron chi connectivity index (χ3n) is 3.31. The number of benzene rings is 1. The van der Waals surface area contributed by atoms with Crippen molar-refractivity contribution in [1.29, 1.82) is 0 Å². The average Bonchev–Trinajstić information content (AvgIpc) is 2.18. The second-order valence-electron chi connectivity index (χ2n) is 4.55. The molecule has 1 saturated heterocycles. The second-order valence-corrected chi connectivity index (χ2v) is 4.55. The van der Waals surface area contributed by atoms with Crippen LogP contribution >= 0.6 is 0 Å². The first kappa shape index (κ1) is 10.5. The topological polar surface area (TPSA) is 32.3 Å². The van der Waals surface area contributed by atoms with Crippen LogP contribution in [0.3, 0.4) is 0 Å².